The van der Waals surface area contributed by atoms with Crippen LogP contribution in [-0.4, -0.2) is 31.5 Å². The number of benzene rings is 2. The fourth-order valence-electron chi connectivity index (χ4n) is 3.64. The maximum atomic E-state index is 13.4. The Kier molecular flexibility index (Phi) is 4.60. The fraction of sp³-hybridized carbons (Fsp3) is 0.333. The molecule has 2 aromatic carbocycles. The first kappa shape index (κ1) is 17.9. The van der Waals surface area contributed by atoms with E-state index in [9.17, 15) is 8.42 Å². The third-order valence-corrected chi connectivity index (χ3v) is 6.69. The van der Waals surface area contributed by atoms with E-state index in [-0.39, 0.29) is 9.92 Å². The number of fused-ring (bicyclic) bond motifs is 1. The molecule has 1 unspecified atom stereocenters. The maximum absolute atomic E-state index is 13.4. The average molecular weight is 382 g/mol. The molecule has 1 aliphatic rings. The molecule has 0 radical (unpaired) electrons. The Bertz CT molecular complexity index is 1100. The number of nitrogens with zero attached hydrogens (tertiary/aromatic N) is 3. The SMILES string of the molecule is Cc1cccc(S(=O)(=O)c2nc3ccccc3nc2N2CCCC(C)C2)c1. The quantitative estimate of drug-likeness (QED) is 0.686. The lowest BCUT2D eigenvalue weighted by Crippen LogP contribution is -2.36. The Balaban J connectivity index is 1.93. The van der Waals surface area contributed by atoms with Crippen LogP contribution in [-0.2, 0) is 9.84 Å². The van der Waals surface area contributed by atoms with E-state index < -0.39 is 9.84 Å². The Hall–Kier alpha value is -2.47. The molecule has 1 aromatic heterocycles. The number of aryl methyl sites for hydroxylation is 1. The molecule has 1 saturated heterocycles. The fourth-order valence-corrected chi connectivity index (χ4v) is 5.09. The van der Waals surface area contributed by atoms with Gasteiger partial charge < -0.3 is 4.90 Å². The first-order chi connectivity index (χ1) is 12.9. The molecular weight excluding hydrogens is 358 g/mol. The van der Waals surface area contributed by atoms with Gasteiger partial charge in [-0.25, -0.2) is 18.4 Å². The highest BCUT2D eigenvalue weighted by molar-refractivity contribution is 7.91. The van der Waals surface area contributed by atoms with Gasteiger partial charge in [0.05, 0.1) is 15.9 Å². The summed E-state index contributed by atoms with van der Waals surface area (Å²) in [5.74, 6) is 0.975. The monoisotopic (exact) mass is 381 g/mol. The molecule has 1 aliphatic heterocycles. The highest BCUT2D eigenvalue weighted by Crippen LogP contribution is 2.32. The Morgan fingerprint density at radius 3 is 2.48 bits per heavy atom. The molecule has 2 heterocycles. The number of rotatable bonds is 3. The summed E-state index contributed by atoms with van der Waals surface area (Å²) >= 11 is 0. The summed E-state index contributed by atoms with van der Waals surface area (Å²) in [6.07, 6.45) is 2.18. The van der Waals surface area contributed by atoms with Gasteiger partial charge in [-0.3, -0.25) is 0 Å². The van der Waals surface area contributed by atoms with Gasteiger partial charge in [-0.2, -0.15) is 0 Å². The molecule has 1 fully saturated rings. The normalized spacial score (nSPS) is 18.0. The lowest BCUT2D eigenvalue weighted by Gasteiger charge is -2.32. The highest BCUT2D eigenvalue weighted by atomic mass is 32.2. The van der Waals surface area contributed by atoms with E-state index in [1.807, 2.05) is 31.2 Å². The molecule has 0 amide bonds. The van der Waals surface area contributed by atoms with Crippen molar-refractivity contribution >= 4 is 26.7 Å². The van der Waals surface area contributed by atoms with Crippen molar-refractivity contribution < 1.29 is 8.42 Å². The lowest BCUT2D eigenvalue weighted by atomic mass is 10.0. The van der Waals surface area contributed by atoms with Gasteiger partial charge in [0.2, 0.25) is 14.9 Å². The summed E-state index contributed by atoms with van der Waals surface area (Å²) in [7, 11) is -3.77. The topological polar surface area (TPSA) is 63.2 Å². The zero-order valence-corrected chi connectivity index (χ0v) is 16.4. The zero-order chi connectivity index (χ0) is 19.0. The summed E-state index contributed by atoms with van der Waals surface area (Å²) < 4.78 is 26.9. The minimum Gasteiger partial charge on any atom is -0.354 e. The minimum absolute atomic E-state index is 0.0564. The van der Waals surface area contributed by atoms with Gasteiger partial charge in [0.25, 0.3) is 0 Å². The summed E-state index contributed by atoms with van der Waals surface area (Å²) in [6.45, 7) is 5.67. The van der Waals surface area contributed by atoms with Crippen molar-refractivity contribution in [2.45, 2.75) is 36.6 Å². The van der Waals surface area contributed by atoms with Crippen LogP contribution in [0.3, 0.4) is 0 Å². The van der Waals surface area contributed by atoms with Crippen LogP contribution in [0.2, 0.25) is 0 Å². The predicted octanol–water partition coefficient (Wildman–Crippen LogP) is 4.01. The van der Waals surface area contributed by atoms with Gasteiger partial charge in [-0.05, 0) is 55.5 Å². The number of para-hydroxylation sites is 2. The molecule has 6 heteroatoms. The van der Waals surface area contributed by atoms with E-state index in [4.69, 9.17) is 4.98 Å². The smallest absolute Gasteiger partial charge is 0.227 e. The molecule has 0 N–H and O–H groups in total. The molecule has 5 nitrogen and oxygen atoms in total. The van der Waals surface area contributed by atoms with Crippen molar-refractivity contribution in [2.75, 3.05) is 18.0 Å². The number of anilines is 1. The summed E-state index contributed by atoms with van der Waals surface area (Å²) in [6, 6.07) is 14.4. The average Bonchev–Trinajstić information content (AvgIpc) is 2.67. The largest absolute Gasteiger partial charge is 0.354 e. The number of hydrogen-bond donors (Lipinski definition) is 0. The van der Waals surface area contributed by atoms with Gasteiger partial charge in [0.1, 0.15) is 0 Å². The van der Waals surface area contributed by atoms with E-state index in [0.29, 0.717) is 22.8 Å². The van der Waals surface area contributed by atoms with Crippen molar-refractivity contribution in [1.82, 2.24) is 9.97 Å². The molecule has 27 heavy (non-hydrogen) atoms. The molecule has 3 aromatic rings. The summed E-state index contributed by atoms with van der Waals surface area (Å²) in [5, 5.41) is 0.0564. The van der Waals surface area contributed by atoms with Crippen LogP contribution >= 0.6 is 0 Å². The van der Waals surface area contributed by atoms with Crippen LogP contribution in [0, 0.1) is 12.8 Å². The van der Waals surface area contributed by atoms with E-state index in [2.05, 4.69) is 16.8 Å². The van der Waals surface area contributed by atoms with Crippen molar-refractivity contribution in [1.29, 1.82) is 0 Å². The summed E-state index contributed by atoms with van der Waals surface area (Å²) in [5.41, 5.74) is 2.21. The van der Waals surface area contributed by atoms with E-state index in [1.54, 1.807) is 24.3 Å². The van der Waals surface area contributed by atoms with Crippen LogP contribution in [0.5, 0.6) is 0 Å². The van der Waals surface area contributed by atoms with Gasteiger partial charge in [-0.15, -0.1) is 0 Å². The molecule has 0 bridgehead atoms. The van der Waals surface area contributed by atoms with Crippen molar-refractivity contribution in [3.8, 4) is 0 Å². The molecule has 0 spiro atoms. The third-order valence-electron chi connectivity index (χ3n) is 5.03. The van der Waals surface area contributed by atoms with Gasteiger partial charge in [0.15, 0.2) is 5.82 Å². The van der Waals surface area contributed by atoms with Crippen LogP contribution in [0.4, 0.5) is 5.82 Å². The predicted molar refractivity (Wildman–Crippen MR) is 107 cm³/mol. The number of hydrogen-bond acceptors (Lipinski definition) is 5. The molecule has 140 valence electrons. The van der Waals surface area contributed by atoms with Gasteiger partial charge in [0, 0.05) is 13.1 Å². The zero-order valence-electron chi connectivity index (χ0n) is 15.6. The molecular formula is C21H23N3O2S. The number of piperidine rings is 1. The molecule has 0 aliphatic carbocycles. The van der Waals surface area contributed by atoms with Gasteiger partial charge in [-0.1, -0.05) is 31.2 Å². The number of sulfone groups is 1. The first-order valence-corrected chi connectivity index (χ1v) is 10.8. The first-order valence-electron chi connectivity index (χ1n) is 9.28. The second kappa shape index (κ2) is 6.93. The van der Waals surface area contributed by atoms with Crippen molar-refractivity contribution in [3.05, 3.63) is 54.1 Å². The second-order valence-corrected chi connectivity index (χ2v) is 9.22. The van der Waals surface area contributed by atoms with Crippen LogP contribution < -0.4 is 4.90 Å². The van der Waals surface area contributed by atoms with Gasteiger partial charge >= 0.3 is 0 Å². The summed E-state index contributed by atoms with van der Waals surface area (Å²) in [4.78, 5) is 11.6. The third kappa shape index (κ3) is 3.41. The van der Waals surface area contributed by atoms with E-state index >= 15 is 0 Å². The Labute approximate surface area is 160 Å². The Morgan fingerprint density at radius 1 is 1.04 bits per heavy atom. The van der Waals surface area contributed by atoms with Crippen LogP contribution in [0.15, 0.2) is 58.5 Å². The highest BCUT2D eigenvalue weighted by Gasteiger charge is 2.30. The molecule has 0 saturated carbocycles. The van der Waals surface area contributed by atoms with Crippen molar-refractivity contribution in [2.24, 2.45) is 5.92 Å². The van der Waals surface area contributed by atoms with Crippen LogP contribution in [0.25, 0.3) is 11.0 Å². The van der Waals surface area contributed by atoms with Crippen LogP contribution in [0.1, 0.15) is 25.3 Å². The molecule has 4 rings (SSSR count). The van der Waals surface area contributed by atoms with E-state index in [1.165, 1.54) is 0 Å². The van der Waals surface area contributed by atoms with E-state index in [0.717, 1.165) is 31.5 Å². The Morgan fingerprint density at radius 2 is 1.78 bits per heavy atom. The standard InChI is InChI=1S/C21H23N3O2S/c1-15-7-5-9-17(13-15)27(25,26)21-20(24-12-6-8-16(2)14-24)22-18-10-3-4-11-19(18)23-21/h3-5,7,9-11,13,16H,6,8,12,14H2,1-2H3. The lowest BCUT2D eigenvalue weighted by molar-refractivity contribution is 0.442. The molecule has 1 atom stereocenters. The van der Waals surface area contributed by atoms with Crippen molar-refractivity contribution in [3.63, 3.8) is 0 Å². The minimum atomic E-state index is -3.77. The second-order valence-electron chi connectivity index (χ2n) is 7.35. The maximum Gasteiger partial charge on any atom is 0.227 e. The number of aromatic nitrogens is 2.